The van der Waals surface area contributed by atoms with Crippen LogP contribution in [-0.4, -0.2) is 35.7 Å². The molecule has 0 fully saturated rings. The van der Waals surface area contributed by atoms with Gasteiger partial charge in [0.15, 0.2) is 0 Å². The number of hydrogen-bond acceptors (Lipinski definition) is 2. The summed E-state index contributed by atoms with van der Waals surface area (Å²) in [5.41, 5.74) is 3.01. The van der Waals surface area contributed by atoms with Gasteiger partial charge >= 0.3 is 6.03 Å². The SMILES string of the molecule is Cc1cccc(C)c1NC(=O)N(CCCO)CC(C)(C)C. The van der Waals surface area contributed by atoms with Gasteiger partial charge in [0.05, 0.1) is 0 Å². The Hall–Kier alpha value is -1.55. The number of amides is 2. The Morgan fingerprint density at radius 3 is 2.29 bits per heavy atom. The Morgan fingerprint density at radius 2 is 1.81 bits per heavy atom. The molecule has 0 aromatic heterocycles. The molecule has 0 aliphatic rings. The van der Waals surface area contributed by atoms with Crippen molar-refractivity contribution in [2.24, 2.45) is 5.41 Å². The second-order valence-electron chi connectivity index (χ2n) is 6.76. The lowest BCUT2D eigenvalue weighted by atomic mass is 9.96. The van der Waals surface area contributed by atoms with Gasteiger partial charge in [-0.2, -0.15) is 0 Å². The van der Waals surface area contributed by atoms with Gasteiger partial charge in [0.2, 0.25) is 0 Å². The van der Waals surface area contributed by atoms with Gasteiger partial charge in [0, 0.05) is 25.4 Å². The summed E-state index contributed by atoms with van der Waals surface area (Å²) in [4.78, 5) is 14.3. The Morgan fingerprint density at radius 1 is 1.24 bits per heavy atom. The first-order valence-corrected chi connectivity index (χ1v) is 7.47. The number of carbonyl (C=O) groups excluding carboxylic acids is 1. The number of anilines is 1. The average molecular weight is 292 g/mol. The highest BCUT2D eigenvalue weighted by Crippen LogP contribution is 2.21. The van der Waals surface area contributed by atoms with Crippen LogP contribution in [0, 0.1) is 19.3 Å². The average Bonchev–Trinajstić information content (AvgIpc) is 2.37. The van der Waals surface area contributed by atoms with Crippen LogP contribution in [0.15, 0.2) is 18.2 Å². The summed E-state index contributed by atoms with van der Waals surface area (Å²) in [6.07, 6.45) is 0.594. The molecule has 0 bridgehead atoms. The van der Waals surface area contributed by atoms with Gasteiger partial charge < -0.3 is 15.3 Å². The quantitative estimate of drug-likeness (QED) is 0.871. The van der Waals surface area contributed by atoms with Crippen LogP contribution in [0.4, 0.5) is 10.5 Å². The fraction of sp³-hybridized carbons (Fsp3) is 0.588. The predicted molar refractivity (Wildman–Crippen MR) is 87.7 cm³/mol. The number of rotatable bonds is 5. The van der Waals surface area contributed by atoms with Gasteiger partial charge in [-0.1, -0.05) is 39.0 Å². The molecule has 0 radical (unpaired) electrons. The molecule has 4 nitrogen and oxygen atoms in total. The van der Waals surface area contributed by atoms with Crippen molar-refractivity contribution in [3.8, 4) is 0 Å². The van der Waals surface area contributed by atoms with Crippen molar-refractivity contribution < 1.29 is 9.90 Å². The molecule has 0 aliphatic heterocycles. The number of nitrogens with zero attached hydrogens (tertiary/aromatic N) is 1. The highest BCUT2D eigenvalue weighted by atomic mass is 16.3. The zero-order chi connectivity index (χ0) is 16.0. The third kappa shape index (κ3) is 5.76. The van der Waals surface area contributed by atoms with Crippen LogP contribution in [0.1, 0.15) is 38.3 Å². The minimum Gasteiger partial charge on any atom is -0.396 e. The molecule has 0 unspecified atom stereocenters. The van der Waals surface area contributed by atoms with Crippen LogP contribution >= 0.6 is 0 Å². The third-order valence-corrected chi connectivity index (χ3v) is 3.25. The van der Waals surface area contributed by atoms with Crippen LogP contribution in [0.3, 0.4) is 0 Å². The van der Waals surface area contributed by atoms with E-state index in [2.05, 4.69) is 26.1 Å². The molecule has 1 rings (SSSR count). The molecule has 2 amide bonds. The Labute approximate surface area is 128 Å². The lowest BCUT2D eigenvalue weighted by Crippen LogP contribution is -2.41. The molecule has 118 valence electrons. The van der Waals surface area contributed by atoms with E-state index in [-0.39, 0.29) is 18.1 Å². The third-order valence-electron chi connectivity index (χ3n) is 3.25. The summed E-state index contributed by atoms with van der Waals surface area (Å²) in [5, 5.41) is 12.0. The molecule has 21 heavy (non-hydrogen) atoms. The molecule has 1 aromatic carbocycles. The number of nitrogens with one attached hydrogen (secondary N) is 1. The molecule has 2 N–H and O–H groups in total. The van der Waals surface area contributed by atoms with Crippen molar-refractivity contribution in [3.05, 3.63) is 29.3 Å². The first-order valence-electron chi connectivity index (χ1n) is 7.47. The van der Waals surface area contributed by atoms with Crippen molar-refractivity contribution in [2.45, 2.75) is 41.0 Å². The smallest absolute Gasteiger partial charge is 0.321 e. The summed E-state index contributed by atoms with van der Waals surface area (Å²) in [7, 11) is 0. The van der Waals surface area contributed by atoms with Crippen LogP contribution < -0.4 is 5.32 Å². The number of urea groups is 1. The molecular formula is C17H28N2O2. The number of hydrogen-bond donors (Lipinski definition) is 2. The summed E-state index contributed by atoms with van der Waals surface area (Å²) in [5.74, 6) is 0. The summed E-state index contributed by atoms with van der Waals surface area (Å²) in [6, 6.07) is 5.87. The molecule has 1 aromatic rings. The maximum atomic E-state index is 12.5. The van der Waals surface area contributed by atoms with Gasteiger partial charge in [0.25, 0.3) is 0 Å². The van der Waals surface area contributed by atoms with Crippen molar-refractivity contribution in [2.75, 3.05) is 25.0 Å². The van der Waals surface area contributed by atoms with Crippen LogP contribution in [0.2, 0.25) is 0 Å². The highest BCUT2D eigenvalue weighted by Gasteiger charge is 2.21. The van der Waals surface area contributed by atoms with Crippen LogP contribution in [-0.2, 0) is 0 Å². The second-order valence-corrected chi connectivity index (χ2v) is 6.76. The lowest BCUT2D eigenvalue weighted by Gasteiger charge is -2.30. The Balaban J connectivity index is 2.85. The lowest BCUT2D eigenvalue weighted by molar-refractivity contribution is 0.176. The summed E-state index contributed by atoms with van der Waals surface area (Å²) >= 11 is 0. The molecule has 0 saturated heterocycles. The number of aryl methyl sites for hydroxylation is 2. The Bertz CT molecular complexity index is 458. The van der Waals surface area contributed by atoms with Gasteiger partial charge in [-0.3, -0.25) is 0 Å². The number of carbonyl (C=O) groups is 1. The van der Waals surface area contributed by atoms with E-state index in [0.29, 0.717) is 19.5 Å². The number of aliphatic hydroxyl groups excluding tert-OH is 1. The predicted octanol–water partition coefficient (Wildman–Crippen LogP) is 3.57. The van der Waals surface area contributed by atoms with Gasteiger partial charge in [-0.25, -0.2) is 4.79 Å². The van der Waals surface area contributed by atoms with E-state index in [9.17, 15) is 4.79 Å². The largest absolute Gasteiger partial charge is 0.396 e. The van der Waals surface area contributed by atoms with Crippen molar-refractivity contribution >= 4 is 11.7 Å². The normalized spacial score (nSPS) is 11.3. The monoisotopic (exact) mass is 292 g/mol. The molecule has 0 atom stereocenters. The van der Waals surface area contributed by atoms with E-state index >= 15 is 0 Å². The van der Waals surface area contributed by atoms with Gasteiger partial charge in [-0.05, 0) is 36.8 Å². The minimum absolute atomic E-state index is 0.0214. The minimum atomic E-state index is -0.101. The maximum absolute atomic E-state index is 12.5. The first-order chi connectivity index (χ1) is 9.74. The van der Waals surface area contributed by atoms with E-state index in [4.69, 9.17) is 5.11 Å². The maximum Gasteiger partial charge on any atom is 0.321 e. The summed E-state index contributed by atoms with van der Waals surface area (Å²) in [6.45, 7) is 11.6. The Kier molecular flexibility index (Phi) is 6.21. The molecule has 0 aliphatic carbocycles. The number of aliphatic hydroxyl groups is 1. The topological polar surface area (TPSA) is 52.6 Å². The van der Waals surface area contributed by atoms with E-state index < -0.39 is 0 Å². The standard InChI is InChI=1S/C17H28N2O2/c1-13-8-6-9-14(2)15(13)18-16(21)19(10-7-11-20)12-17(3,4)5/h6,8-9,20H,7,10-12H2,1-5H3,(H,18,21). The van der Waals surface area contributed by atoms with E-state index in [1.165, 1.54) is 0 Å². The molecule has 0 saturated carbocycles. The molecule has 0 heterocycles. The van der Waals surface area contributed by atoms with Crippen molar-refractivity contribution in [1.29, 1.82) is 0 Å². The summed E-state index contributed by atoms with van der Waals surface area (Å²) < 4.78 is 0. The highest BCUT2D eigenvalue weighted by molar-refractivity contribution is 5.91. The zero-order valence-electron chi connectivity index (χ0n) is 13.9. The van der Waals surface area contributed by atoms with Crippen molar-refractivity contribution in [3.63, 3.8) is 0 Å². The second kappa shape index (κ2) is 7.46. The van der Waals surface area contributed by atoms with E-state index in [1.807, 2.05) is 32.0 Å². The van der Waals surface area contributed by atoms with Crippen LogP contribution in [0.25, 0.3) is 0 Å². The van der Waals surface area contributed by atoms with Gasteiger partial charge in [-0.15, -0.1) is 0 Å². The fourth-order valence-electron chi connectivity index (χ4n) is 2.28. The molecular weight excluding hydrogens is 264 g/mol. The van der Waals surface area contributed by atoms with Crippen LogP contribution in [0.5, 0.6) is 0 Å². The fourth-order valence-corrected chi connectivity index (χ4v) is 2.28. The number of para-hydroxylation sites is 1. The number of benzene rings is 1. The zero-order valence-corrected chi connectivity index (χ0v) is 13.9. The van der Waals surface area contributed by atoms with E-state index in [1.54, 1.807) is 4.90 Å². The molecule has 0 spiro atoms. The van der Waals surface area contributed by atoms with E-state index in [0.717, 1.165) is 16.8 Å². The van der Waals surface area contributed by atoms with Crippen molar-refractivity contribution in [1.82, 2.24) is 4.90 Å². The molecule has 4 heteroatoms. The first kappa shape index (κ1) is 17.5. The van der Waals surface area contributed by atoms with Gasteiger partial charge in [0.1, 0.15) is 0 Å².